The second-order valence-electron chi connectivity index (χ2n) is 7.74. The molecule has 0 saturated heterocycles. The van der Waals surface area contributed by atoms with Crippen LogP contribution in [0.1, 0.15) is 31.3 Å². The summed E-state index contributed by atoms with van der Waals surface area (Å²) >= 11 is 1.29. The maximum Gasteiger partial charge on any atom is 0.357 e. The number of carbonyl (C=O) groups excluding carboxylic acids is 1. The standard InChI is InChI=1S/C26H17NO6S/c1-13-10-16(28)6-8-18(13)23(30)24-22(19-9-7-17(29)11-21(19)34-24)14-2-4-15(5-3-14)25-27-20(12-33-25)26(31)32/h2-12,28-29H,1H3,(H,31,32). The number of thiophene rings is 1. The summed E-state index contributed by atoms with van der Waals surface area (Å²) in [5.41, 5.74) is 3.04. The molecule has 0 aliphatic rings. The van der Waals surface area contributed by atoms with Crippen molar-refractivity contribution >= 4 is 33.2 Å². The lowest BCUT2D eigenvalue weighted by atomic mass is 9.95. The molecule has 0 unspecified atom stereocenters. The van der Waals surface area contributed by atoms with Crippen LogP contribution in [0.4, 0.5) is 0 Å². The molecule has 0 radical (unpaired) electrons. The summed E-state index contributed by atoms with van der Waals surface area (Å²) in [7, 11) is 0. The molecule has 5 rings (SSSR count). The first kappa shape index (κ1) is 21.4. The number of rotatable bonds is 5. The van der Waals surface area contributed by atoms with E-state index in [1.165, 1.54) is 17.4 Å². The highest BCUT2D eigenvalue weighted by Crippen LogP contribution is 2.42. The minimum Gasteiger partial charge on any atom is -0.508 e. The summed E-state index contributed by atoms with van der Waals surface area (Å²) < 4.78 is 6.04. The molecule has 0 amide bonds. The molecule has 2 aromatic heterocycles. The van der Waals surface area contributed by atoms with Gasteiger partial charge in [0.1, 0.15) is 17.8 Å². The Morgan fingerprint density at radius 3 is 2.26 bits per heavy atom. The van der Waals surface area contributed by atoms with E-state index in [9.17, 15) is 19.8 Å². The molecule has 2 heterocycles. The number of carboxylic acids is 1. The van der Waals surface area contributed by atoms with E-state index in [0.717, 1.165) is 27.5 Å². The van der Waals surface area contributed by atoms with Gasteiger partial charge in [-0.25, -0.2) is 9.78 Å². The van der Waals surface area contributed by atoms with E-state index in [-0.39, 0.29) is 28.9 Å². The number of hydrogen-bond donors (Lipinski definition) is 3. The molecule has 0 atom stereocenters. The van der Waals surface area contributed by atoms with Crippen LogP contribution in [0, 0.1) is 6.92 Å². The van der Waals surface area contributed by atoms with Gasteiger partial charge in [0, 0.05) is 26.8 Å². The van der Waals surface area contributed by atoms with Gasteiger partial charge in [-0.15, -0.1) is 11.3 Å². The number of phenolic OH excluding ortho intramolecular Hbond substituents is 2. The van der Waals surface area contributed by atoms with Crippen LogP contribution in [0.15, 0.2) is 71.3 Å². The van der Waals surface area contributed by atoms with Crippen molar-refractivity contribution in [2.75, 3.05) is 0 Å². The maximum absolute atomic E-state index is 13.6. The number of nitrogens with zero attached hydrogens (tertiary/aromatic N) is 1. The van der Waals surface area contributed by atoms with E-state index >= 15 is 0 Å². The lowest BCUT2D eigenvalue weighted by Gasteiger charge is -2.08. The van der Waals surface area contributed by atoms with Gasteiger partial charge in [0.15, 0.2) is 5.69 Å². The molecule has 0 saturated carbocycles. The Balaban J connectivity index is 1.63. The molecule has 7 nitrogen and oxygen atoms in total. The van der Waals surface area contributed by atoms with Gasteiger partial charge in [0.25, 0.3) is 0 Å². The molecule has 5 aromatic rings. The van der Waals surface area contributed by atoms with Crippen LogP contribution in [0.2, 0.25) is 0 Å². The van der Waals surface area contributed by atoms with Crippen LogP contribution < -0.4 is 0 Å². The molecule has 0 spiro atoms. The van der Waals surface area contributed by atoms with E-state index in [1.54, 1.807) is 49.4 Å². The fourth-order valence-corrected chi connectivity index (χ4v) is 5.05. The summed E-state index contributed by atoms with van der Waals surface area (Å²) in [5.74, 6) is -0.985. The summed E-state index contributed by atoms with van der Waals surface area (Å²) in [6, 6.07) is 16.7. The van der Waals surface area contributed by atoms with Gasteiger partial charge in [-0.05, 0) is 66.6 Å². The zero-order valence-corrected chi connectivity index (χ0v) is 18.6. The largest absolute Gasteiger partial charge is 0.508 e. The number of aromatic nitrogens is 1. The van der Waals surface area contributed by atoms with Crippen molar-refractivity contribution < 1.29 is 29.3 Å². The van der Waals surface area contributed by atoms with Crippen LogP contribution in [0.5, 0.6) is 11.5 Å². The third-order valence-corrected chi connectivity index (χ3v) is 6.63. The third kappa shape index (κ3) is 3.70. The Morgan fingerprint density at radius 1 is 0.912 bits per heavy atom. The number of phenols is 2. The number of ketones is 1. The zero-order chi connectivity index (χ0) is 24.0. The van der Waals surface area contributed by atoms with E-state index in [4.69, 9.17) is 9.52 Å². The number of aromatic hydroxyl groups is 2. The predicted octanol–water partition coefficient (Wildman–Crippen LogP) is 5.87. The molecule has 0 aliphatic carbocycles. The first-order valence-corrected chi connectivity index (χ1v) is 11.0. The highest BCUT2D eigenvalue weighted by molar-refractivity contribution is 7.21. The van der Waals surface area contributed by atoms with Gasteiger partial charge in [0.2, 0.25) is 11.7 Å². The molecule has 0 fully saturated rings. The first-order chi connectivity index (χ1) is 16.3. The highest BCUT2D eigenvalue weighted by Gasteiger charge is 2.23. The minimum atomic E-state index is -1.17. The topological polar surface area (TPSA) is 121 Å². The molecule has 8 heteroatoms. The monoisotopic (exact) mass is 471 g/mol. The number of benzene rings is 3. The number of aromatic carboxylic acids is 1. The third-order valence-electron chi connectivity index (χ3n) is 5.48. The molecule has 3 aromatic carbocycles. The Kier molecular flexibility index (Phi) is 5.14. The smallest absolute Gasteiger partial charge is 0.357 e. The number of carboxylic acid groups (broad SMARTS) is 1. The fourth-order valence-electron chi connectivity index (χ4n) is 3.84. The SMILES string of the molecule is Cc1cc(O)ccc1C(=O)c1sc2cc(O)ccc2c1-c1ccc(-c2nc(C(=O)O)co2)cc1. The highest BCUT2D eigenvalue weighted by atomic mass is 32.1. The number of hydrogen-bond acceptors (Lipinski definition) is 7. The van der Waals surface area contributed by atoms with Crippen molar-refractivity contribution in [2.45, 2.75) is 6.92 Å². The van der Waals surface area contributed by atoms with Crippen LogP contribution in [-0.2, 0) is 0 Å². The number of fused-ring (bicyclic) bond motifs is 1. The minimum absolute atomic E-state index is 0.0868. The van der Waals surface area contributed by atoms with Gasteiger partial charge in [-0.3, -0.25) is 4.79 Å². The van der Waals surface area contributed by atoms with E-state index < -0.39 is 5.97 Å². The fraction of sp³-hybridized carbons (Fsp3) is 0.0385. The van der Waals surface area contributed by atoms with Crippen molar-refractivity contribution in [1.82, 2.24) is 4.98 Å². The van der Waals surface area contributed by atoms with Crippen molar-refractivity contribution in [1.29, 1.82) is 0 Å². The molecule has 3 N–H and O–H groups in total. The van der Waals surface area contributed by atoms with Gasteiger partial charge in [-0.1, -0.05) is 12.1 Å². The maximum atomic E-state index is 13.6. The Hall–Kier alpha value is -4.43. The van der Waals surface area contributed by atoms with Crippen molar-refractivity contribution in [3.8, 4) is 34.1 Å². The average molecular weight is 471 g/mol. The van der Waals surface area contributed by atoms with Crippen molar-refractivity contribution in [2.24, 2.45) is 0 Å². The van der Waals surface area contributed by atoms with E-state index in [0.29, 0.717) is 21.6 Å². The summed E-state index contributed by atoms with van der Waals surface area (Å²) in [6.45, 7) is 1.77. The second-order valence-corrected chi connectivity index (χ2v) is 8.79. The van der Waals surface area contributed by atoms with Crippen LogP contribution in [0.3, 0.4) is 0 Å². The predicted molar refractivity (Wildman–Crippen MR) is 128 cm³/mol. The zero-order valence-electron chi connectivity index (χ0n) is 17.8. The van der Waals surface area contributed by atoms with Crippen LogP contribution in [-0.4, -0.2) is 32.1 Å². The van der Waals surface area contributed by atoms with Crippen LogP contribution >= 0.6 is 11.3 Å². The van der Waals surface area contributed by atoms with Crippen LogP contribution in [0.25, 0.3) is 32.7 Å². The van der Waals surface area contributed by atoms with Gasteiger partial charge in [0.05, 0.1) is 4.88 Å². The summed E-state index contributed by atoms with van der Waals surface area (Å²) in [5, 5.41) is 29.6. The Bertz CT molecular complexity index is 1580. The summed E-state index contributed by atoms with van der Waals surface area (Å²) in [6.07, 6.45) is 1.08. The molecule has 0 aliphatic heterocycles. The Labute approximate surface area is 197 Å². The molecule has 0 bridgehead atoms. The van der Waals surface area contributed by atoms with Gasteiger partial charge >= 0.3 is 5.97 Å². The normalized spacial score (nSPS) is 11.1. The first-order valence-electron chi connectivity index (χ1n) is 10.2. The number of oxazole rings is 1. The lowest BCUT2D eigenvalue weighted by Crippen LogP contribution is -2.03. The van der Waals surface area contributed by atoms with Crippen molar-refractivity contribution in [3.05, 3.63) is 88.6 Å². The van der Waals surface area contributed by atoms with Crippen molar-refractivity contribution in [3.63, 3.8) is 0 Å². The number of aryl methyl sites for hydroxylation is 1. The second kappa shape index (κ2) is 8.17. The van der Waals surface area contributed by atoms with E-state index in [2.05, 4.69) is 4.98 Å². The number of carbonyl (C=O) groups is 2. The molecular weight excluding hydrogens is 454 g/mol. The summed E-state index contributed by atoms with van der Waals surface area (Å²) in [4.78, 5) is 29.1. The quantitative estimate of drug-likeness (QED) is 0.274. The molecule has 34 heavy (non-hydrogen) atoms. The molecular formula is C26H17NO6S. The van der Waals surface area contributed by atoms with E-state index in [1.807, 2.05) is 12.1 Å². The Morgan fingerprint density at radius 2 is 1.59 bits per heavy atom. The molecule has 168 valence electrons. The van der Waals surface area contributed by atoms with Gasteiger partial charge in [-0.2, -0.15) is 0 Å². The van der Waals surface area contributed by atoms with Gasteiger partial charge < -0.3 is 19.7 Å². The average Bonchev–Trinajstić information content (AvgIpc) is 3.44. The lowest BCUT2D eigenvalue weighted by molar-refractivity contribution is 0.0690.